The van der Waals surface area contributed by atoms with Crippen LogP contribution < -0.4 is 5.43 Å². The predicted octanol–water partition coefficient (Wildman–Crippen LogP) is 3.02. The number of fused-ring (bicyclic) bond motifs is 1. The molecule has 6 nitrogen and oxygen atoms in total. The highest BCUT2D eigenvalue weighted by molar-refractivity contribution is 6.32. The summed E-state index contributed by atoms with van der Waals surface area (Å²) in [6.45, 7) is 3.82. The normalized spacial score (nSPS) is 11.5. The summed E-state index contributed by atoms with van der Waals surface area (Å²) in [6, 6.07) is 7.39. The molecule has 0 unspecified atom stereocenters. The van der Waals surface area contributed by atoms with Crippen LogP contribution in [0.1, 0.15) is 20.3 Å². The average Bonchev–Trinajstić information content (AvgIpc) is 2.45. The van der Waals surface area contributed by atoms with E-state index in [1.807, 2.05) is 24.3 Å². The maximum absolute atomic E-state index is 11.3. The molecule has 1 N–H and O–H groups in total. The SMILES string of the molecule is CCOC(=O)CC(C)=NNc1nc2ccccc2nc1Cl. The fraction of sp³-hybridized carbons (Fsp3) is 0.286. The number of anilines is 1. The van der Waals surface area contributed by atoms with E-state index in [1.54, 1.807) is 13.8 Å². The number of benzene rings is 1. The first kappa shape index (κ1) is 15.2. The van der Waals surface area contributed by atoms with Gasteiger partial charge in [0.15, 0.2) is 11.0 Å². The highest BCUT2D eigenvalue weighted by atomic mass is 35.5. The predicted molar refractivity (Wildman–Crippen MR) is 82.5 cm³/mol. The fourth-order valence-corrected chi connectivity index (χ4v) is 1.83. The van der Waals surface area contributed by atoms with Crippen LogP contribution >= 0.6 is 11.6 Å². The van der Waals surface area contributed by atoms with Crippen LogP contribution in [0.4, 0.5) is 5.82 Å². The standard InChI is InChI=1S/C14H15ClN4O2/c1-3-21-12(20)8-9(2)18-19-14-13(15)16-10-6-4-5-7-11(10)17-14/h4-7H,3,8H2,1-2H3,(H,17,19). The number of para-hydroxylation sites is 2. The minimum atomic E-state index is -0.323. The van der Waals surface area contributed by atoms with E-state index in [4.69, 9.17) is 16.3 Å². The Labute approximate surface area is 127 Å². The molecular weight excluding hydrogens is 292 g/mol. The molecule has 0 aliphatic heterocycles. The quantitative estimate of drug-likeness (QED) is 0.522. The largest absolute Gasteiger partial charge is 0.466 e. The summed E-state index contributed by atoms with van der Waals surface area (Å²) >= 11 is 6.05. The maximum atomic E-state index is 11.3. The number of carbonyl (C=O) groups excluding carboxylic acids is 1. The Bertz CT molecular complexity index is 688. The van der Waals surface area contributed by atoms with Crippen molar-refractivity contribution in [3.63, 3.8) is 0 Å². The van der Waals surface area contributed by atoms with Crippen LogP contribution in [0.2, 0.25) is 5.15 Å². The second kappa shape index (κ2) is 6.99. The number of ether oxygens (including phenoxy) is 1. The molecule has 110 valence electrons. The number of hydrogen-bond donors (Lipinski definition) is 1. The number of carbonyl (C=O) groups is 1. The van der Waals surface area contributed by atoms with Gasteiger partial charge in [-0.1, -0.05) is 23.7 Å². The van der Waals surface area contributed by atoms with Crippen molar-refractivity contribution in [1.82, 2.24) is 9.97 Å². The lowest BCUT2D eigenvalue weighted by molar-refractivity contribution is -0.141. The van der Waals surface area contributed by atoms with Gasteiger partial charge in [-0.25, -0.2) is 9.97 Å². The van der Waals surface area contributed by atoms with Gasteiger partial charge in [0, 0.05) is 5.71 Å². The molecule has 1 aromatic carbocycles. The van der Waals surface area contributed by atoms with Crippen molar-refractivity contribution >= 4 is 40.1 Å². The molecular formula is C14H15ClN4O2. The van der Waals surface area contributed by atoms with Gasteiger partial charge in [-0.15, -0.1) is 0 Å². The van der Waals surface area contributed by atoms with Crippen molar-refractivity contribution in [2.75, 3.05) is 12.0 Å². The Morgan fingerprint density at radius 1 is 1.33 bits per heavy atom. The molecule has 0 aliphatic rings. The van der Waals surface area contributed by atoms with Crippen molar-refractivity contribution in [2.24, 2.45) is 5.10 Å². The van der Waals surface area contributed by atoms with Crippen molar-refractivity contribution in [3.05, 3.63) is 29.4 Å². The van der Waals surface area contributed by atoms with Gasteiger partial charge in [-0.05, 0) is 26.0 Å². The maximum Gasteiger partial charge on any atom is 0.311 e. The van der Waals surface area contributed by atoms with E-state index in [0.29, 0.717) is 29.2 Å². The number of rotatable bonds is 5. The summed E-state index contributed by atoms with van der Waals surface area (Å²) < 4.78 is 4.84. The lowest BCUT2D eigenvalue weighted by Gasteiger charge is -2.05. The zero-order valence-electron chi connectivity index (χ0n) is 11.8. The van der Waals surface area contributed by atoms with Gasteiger partial charge in [-0.2, -0.15) is 5.10 Å². The number of hydrazone groups is 1. The lowest BCUT2D eigenvalue weighted by Crippen LogP contribution is -2.10. The first-order chi connectivity index (χ1) is 10.1. The number of nitrogens with one attached hydrogen (secondary N) is 1. The van der Waals surface area contributed by atoms with Crippen LogP contribution in [0, 0.1) is 0 Å². The smallest absolute Gasteiger partial charge is 0.311 e. The molecule has 0 bridgehead atoms. The van der Waals surface area contributed by atoms with Gasteiger partial charge in [0.25, 0.3) is 0 Å². The van der Waals surface area contributed by atoms with E-state index in [2.05, 4.69) is 20.5 Å². The molecule has 7 heteroatoms. The van der Waals surface area contributed by atoms with Gasteiger partial charge in [0.2, 0.25) is 0 Å². The van der Waals surface area contributed by atoms with E-state index < -0.39 is 0 Å². The van der Waals surface area contributed by atoms with Gasteiger partial charge in [0.1, 0.15) is 0 Å². The summed E-state index contributed by atoms with van der Waals surface area (Å²) in [5.74, 6) is 0.0230. The number of aromatic nitrogens is 2. The average molecular weight is 307 g/mol. The number of esters is 1. The Hall–Kier alpha value is -2.21. The Balaban J connectivity index is 2.12. The summed E-state index contributed by atoms with van der Waals surface area (Å²) in [6.07, 6.45) is 0.111. The number of hydrogen-bond acceptors (Lipinski definition) is 6. The molecule has 0 fully saturated rings. The fourth-order valence-electron chi connectivity index (χ4n) is 1.66. The van der Waals surface area contributed by atoms with Crippen molar-refractivity contribution in [2.45, 2.75) is 20.3 Å². The van der Waals surface area contributed by atoms with Crippen molar-refractivity contribution in [1.29, 1.82) is 0 Å². The van der Waals surface area contributed by atoms with Crippen molar-refractivity contribution in [3.8, 4) is 0 Å². The van der Waals surface area contributed by atoms with Crippen LogP contribution in [0.15, 0.2) is 29.4 Å². The first-order valence-electron chi connectivity index (χ1n) is 6.47. The van der Waals surface area contributed by atoms with E-state index in [9.17, 15) is 4.79 Å². The molecule has 0 radical (unpaired) electrons. The molecule has 0 atom stereocenters. The molecule has 0 saturated heterocycles. The second-order valence-corrected chi connectivity index (χ2v) is 4.65. The van der Waals surface area contributed by atoms with E-state index in [1.165, 1.54) is 0 Å². The molecule has 0 aliphatic carbocycles. The zero-order valence-corrected chi connectivity index (χ0v) is 12.5. The van der Waals surface area contributed by atoms with Crippen molar-refractivity contribution < 1.29 is 9.53 Å². The molecule has 21 heavy (non-hydrogen) atoms. The van der Waals surface area contributed by atoms with Crippen LogP contribution in [0.25, 0.3) is 11.0 Å². The highest BCUT2D eigenvalue weighted by Crippen LogP contribution is 2.20. The van der Waals surface area contributed by atoms with E-state index in [0.717, 1.165) is 0 Å². The van der Waals surface area contributed by atoms with Gasteiger partial charge in [0.05, 0.1) is 24.1 Å². The monoisotopic (exact) mass is 306 g/mol. The zero-order chi connectivity index (χ0) is 15.2. The molecule has 0 spiro atoms. The molecule has 2 aromatic rings. The highest BCUT2D eigenvalue weighted by Gasteiger charge is 2.07. The molecule has 1 aromatic heterocycles. The summed E-state index contributed by atoms with van der Waals surface area (Å²) in [7, 11) is 0. The molecule has 1 heterocycles. The van der Waals surface area contributed by atoms with Crippen LogP contribution in [-0.4, -0.2) is 28.3 Å². The third-order valence-electron chi connectivity index (χ3n) is 2.59. The van der Waals surface area contributed by atoms with Gasteiger partial charge in [-0.3, -0.25) is 10.2 Å². The summed E-state index contributed by atoms with van der Waals surface area (Å²) in [5, 5.41) is 4.29. The summed E-state index contributed by atoms with van der Waals surface area (Å²) in [5.41, 5.74) is 4.72. The van der Waals surface area contributed by atoms with Crippen LogP contribution in [0.5, 0.6) is 0 Å². The lowest BCUT2D eigenvalue weighted by atomic mass is 10.3. The summed E-state index contributed by atoms with van der Waals surface area (Å²) in [4.78, 5) is 19.9. The second-order valence-electron chi connectivity index (χ2n) is 4.29. The third-order valence-corrected chi connectivity index (χ3v) is 2.85. The number of halogens is 1. The van der Waals surface area contributed by atoms with Gasteiger partial charge < -0.3 is 4.74 Å². The van der Waals surface area contributed by atoms with E-state index in [-0.39, 0.29) is 17.5 Å². The number of nitrogens with zero attached hydrogens (tertiary/aromatic N) is 3. The molecule has 0 amide bonds. The van der Waals surface area contributed by atoms with Gasteiger partial charge >= 0.3 is 5.97 Å². The Morgan fingerprint density at radius 2 is 2.00 bits per heavy atom. The minimum absolute atomic E-state index is 0.111. The Morgan fingerprint density at radius 3 is 2.67 bits per heavy atom. The minimum Gasteiger partial charge on any atom is -0.466 e. The topological polar surface area (TPSA) is 76.5 Å². The van der Waals surface area contributed by atoms with Crippen LogP contribution in [0.3, 0.4) is 0 Å². The third kappa shape index (κ3) is 4.13. The Kier molecular flexibility index (Phi) is 5.05. The molecule has 0 saturated carbocycles. The molecule has 2 rings (SSSR count). The first-order valence-corrected chi connectivity index (χ1v) is 6.85. The van der Waals surface area contributed by atoms with Crippen LogP contribution in [-0.2, 0) is 9.53 Å². The van der Waals surface area contributed by atoms with E-state index >= 15 is 0 Å².